The van der Waals surface area contributed by atoms with Crippen LogP contribution >= 0.6 is 8.53 Å². The van der Waals surface area contributed by atoms with Crippen LogP contribution in [0.25, 0.3) is 0 Å². The maximum atomic E-state index is 12.9. The molecule has 5 rings (SSSR count). The molecule has 0 amide bonds. The summed E-state index contributed by atoms with van der Waals surface area (Å²) < 4.78 is 31.0. The lowest BCUT2D eigenvalue weighted by Gasteiger charge is -2.43. The molecular formula is C38H46N5O6P. The maximum absolute atomic E-state index is 12.9. The summed E-state index contributed by atoms with van der Waals surface area (Å²) in [4.78, 5) is 27.5. The Balaban J connectivity index is 1.68. The summed E-state index contributed by atoms with van der Waals surface area (Å²) in [6, 6.07) is 29.6. The highest BCUT2D eigenvalue weighted by molar-refractivity contribution is 7.44. The highest BCUT2D eigenvalue weighted by Crippen LogP contribution is 2.51. The molecule has 12 heteroatoms. The maximum Gasteiger partial charge on any atom is 0.330 e. The quantitative estimate of drug-likeness (QED) is 0.0454. The standard InChI is InChI=1S/C38H46N5O6P/c1-26(2)43(27(3)4)50(46-23-13-22-39)49-36(33-20-21-34(47-33)42-25-28(5)35(44)41-37(42)45)48-38(29-14-8-6-9-15-29,30-16-10-7-11-17-30)31-18-12-19-32(40)24-31/h6-12,14-19,24-27,33-34,36H,13,20-21,23,40H2,1-5H3,(H,41,44,45)/t33-,34+,36?,50?/m0/s1. The van der Waals surface area contributed by atoms with E-state index in [1.54, 1.807) is 6.92 Å². The number of nitriles is 1. The van der Waals surface area contributed by atoms with Gasteiger partial charge < -0.3 is 19.7 Å². The summed E-state index contributed by atoms with van der Waals surface area (Å²) in [5, 5.41) is 9.36. The second-order valence-electron chi connectivity index (χ2n) is 12.9. The molecular weight excluding hydrogens is 653 g/mol. The van der Waals surface area contributed by atoms with Gasteiger partial charge in [0.25, 0.3) is 14.1 Å². The Bertz CT molecular complexity index is 1810. The van der Waals surface area contributed by atoms with Gasteiger partial charge in [0.2, 0.25) is 0 Å². The molecule has 3 N–H and O–H groups in total. The predicted molar refractivity (Wildman–Crippen MR) is 194 cm³/mol. The summed E-state index contributed by atoms with van der Waals surface area (Å²) in [5.74, 6) is 0. The molecule has 0 spiro atoms. The largest absolute Gasteiger partial charge is 0.399 e. The van der Waals surface area contributed by atoms with Crippen LogP contribution in [0, 0.1) is 18.3 Å². The number of hydrogen-bond acceptors (Lipinski definition) is 9. The second kappa shape index (κ2) is 16.7. The molecule has 1 aliphatic heterocycles. The van der Waals surface area contributed by atoms with Crippen LogP contribution in [0.5, 0.6) is 0 Å². The molecule has 264 valence electrons. The van der Waals surface area contributed by atoms with E-state index in [4.69, 9.17) is 24.3 Å². The van der Waals surface area contributed by atoms with Gasteiger partial charge in [-0.3, -0.25) is 18.9 Å². The number of nitrogens with two attached hydrogens (primary N) is 1. The van der Waals surface area contributed by atoms with Gasteiger partial charge in [-0.15, -0.1) is 0 Å². The van der Waals surface area contributed by atoms with Gasteiger partial charge in [0, 0.05) is 29.5 Å². The van der Waals surface area contributed by atoms with Crippen LogP contribution in [-0.4, -0.2) is 45.3 Å². The number of rotatable bonds is 15. The number of nitrogens with one attached hydrogen (secondary N) is 1. The lowest BCUT2D eigenvalue weighted by Crippen LogP contribution is -2.44. The molecule has 50 heavy (non-hydrogen) atoms. The number of aryl methyl sites for hydroxylation is 1. The van der Waals surface area contributed by atoms with Crippen LogP contribution in [0.4, 0.5) is 5.69 Å². The van der Waals surface area contributed by atoms with Gasteiger partial charge in [-0.2, -0.15) is 5.26 Å². The van der Waals surface area contributed by atoms with Gasteiger partial charge in [-0.1, -0.05) is 72.8 Å². The van der Waals surface area contributed by atoms with Crippen LogP contribution in [0.15, 0.2) is 101 Å². The van der Waals surface area contributed by atoms with Crippen molar-refractivity contribution >= 4 is 14.2 Å². The van der Waals surface area contributed by atoms with Gasteiger partial charge in [-0.05, 0) is 76.3 Å². The summed E-state index contributed by atoms with van der Waals surface area (Å²) in [5.41, 5.74) is 7.62. The molecule has 1 aliphatic rings. The molecule has 1 aromatic heterocycles. The number of H-pyrrole nitrogens is 1. The Morgan fingerprint density at radius 3 is 2.18 bits per heavy atom. The number of nitrogens with zero attached hydrogens (tertiary/aromatic N) is 3. The molecule has 0 aliphatic carbocycles. The topological polar surface area (TPSA) is 145 Å². The predicted octanol–water partition coefficient (Wildman–Crippen LogP) is 6.73. The van der Waals surface area contributed by atoms with Crippen LogP contribution in [-0.2, 0) is 24.1 Å². The van der Waals surface area contributed by atoms with E-state index in [2.05, 4.69) is 43.4 Å². The van der Waals surface area contributed by atoms with Crippen LogP contribution in [0.3, 0.4) is 0 Å². The van der Waals surface area contributed by atoms with Crippen molar-refractivity contribution in [2.24, 2.45) is 0 Å². The fourth-order valence-corrected chi connectivity index (χ4v) is 8.04. The lowest BCUT2D eigenvalue weighted by molar-refractivity contribution is -0.208. The van der Waals surface area contributed by atoms with Crippen molar-refractivity contribution in [3.05, 3.63) is 134 Å². The Morgan fingerprint density at radius 2 is 1.60 bits per heavy atom. The number of hydrogen-bond donors (Lipinski definition) is 2. The Kier molecular flexibility index (Phi) is 12.4. The summed E-state index contributed by atoms with van der Waals surface area (Å²) in [7, 11) is -1.78. The van der Waals surface area contributed by atoms with Crippen molar-refractivity contribution in [2.75, 3.05) is 12.3 Å². The molecule has 2 unspecified atom stereocenters. The van der Waals surface area contributed by atoms with E-state index in [1.807, 2.05) is 84.9 Å². The lowest BCUT2D eigenvalue weighted by atomic mass is 9.79. The zero-order chi connectivity index (χ0) is 35.8. The Labute approximate surface area is 294 Å². The first-order chi connectivity index (χ1) is 24.0. The van der Waals surface area contributed by atoms with Crippen LogP contribution < -0.4 is 17.0 Å². The fourth-order valence-electron chi connectivity index (χ4n) is 6.38. The number of anilines is 1. The molecule has 4 atom stereocenters. The van der Waals surface area contributed by atoms with E-state index in [0.29, 0.717) is 24.1 Å². The zero-order valence-corrected chi connectivity index (χ0v) is 30.1. The van der Waals surface area contributed by atoms with Crippen molar-refractivity contribution < 1.29 is 18.5 Å². The first-order valence-electron chi connectivity index (χ1n) is 16.9. The Hall–Kier alpha value is -4.14. The van der Waals surface area contributed by atoms with Gasteiger partial charge in [0.15, 0.2) is 6.29 Å². The van der Waals surface area contributed by atoms with Crippen molar-refractivity contribution in [1.29, 1.82) is 5.26 Å². The van der Waals surface area contributed by atoms with Crippen molar-refractivity contribution in [3.8, 4) is 6.07 Å². The number of aromatic nitrogens is 2. The third-order valence-corrected chi connectivity index (χ3v) is 10.7. The van der Waals surface area contributed by atoms with E-state index in [0.717, 1.165) is 16.7 Å². The molecule has 0 radical (unpaired) electrons. The van der Waals surface area contributed by atoms with Crippen molar-refractivity contribution in [1.82, 2.24) is 14.2 Å². The van der Waals surface area contributed by atoms with E-state index in [1.165, 1.54) is 10.8 Å². The number of nitrogen functional groups attached to an aromatic ring is 1. The van der Waals surface area contributed by atoms with E-state index in [-0.39, 0.29) is 25.1 Å². The highest BCUT2D eigenvalue weighted by Gasteiger charge is 2.46. The monoisotopic (exact) mass is 699 g/mol. The van der Waals surface area contributed by atoms with E-state index in [9.17, 15) is 14.9 Å². The molecule has 11 nitrogen and oxygen atoms in total. The fraction of sp³-hybridized carbons (Fsp3) is 0.395. The minimum atomic E-state index is -1.78. The smallest absolute Gasteiger partial charge is 0.330 e. The SMILES string of the molecule is Cc1cn([C@H]2CC[C@@H](C(OP(OCCC#N)N(C(C)C)C(C)C)OC(c3ccccc3)(c3ccccc3)c3cccc(N)c3)O2)c(=O)[nH]c1=O. The molecule has 0 saturated carbocycles. The molecule has 3 aromatic carbocycles. The van der Waals surface area contributed by atoms with Crippen LogP contribution in [0.2, 0.25) is 0 Å². The summed E-state index contributed by atoms with van der Waals surface area (Å²) in [6.45, 7) is 10.1. The number of benzene rings is 3. The molecule has 4 aromatic rings. The van der Waals surface area contributed by atoms with Gasteiger partial charge in [0.05, 0.1) is 19.1 Å². The third-order valence-electron chi connectivity index (χ3n) is 8.59. The highest BCUT2D eigenvalue weighted by atomic mass is 31.2. The van der Waals surface area contributed by atoms with Crippen molar-refractivity contribution in [3.63, 3.8) is 0 Å². The average molecular weight is 700 g/mol. The first kappa shape index (κ1) is 37.1. The first-order valence-corrected chi connectivity index (χ1v) is 18.1. The minimum absolute atomic E-state index is 0.0331. The average Bonchev–Trinajstić information content (AvgIpc) is 3.59. The zero-order valence-electron chi connectivity index (χ0n) is 29.2. The van der Waals surface area contributed by atoms with Gasteiger partial charge in [0.1, 0.15) is 17.9 Å². The molecule has 1 fully saturated rings. The molecule has 0 bridgehead atoms. The van der Waals surface area contributed by atoms with Gasteiger partial charge >= 0.3 is 5.69 Å². The summed E-state index contributed by atoms with van der Waals surface area (Å²) >= 11 is 0. The van der Waals surface area contributed by atoms with Crippen molar-refractivity contribution in [2.45, 2.75) is 90.2 Å². The number of aromatic amines is 1. The summed E-state index contributed by atoms with van der Waals surface area (Å²) in [6.07, 6.45) is 0.258. The van der Waals surface area contributed by atoms with Crippen LogP contribution in [0.1, 0.15) is 75.4 Å². The third kappa shape index (κ3) is 8.24. The second-order valence-corrected chi connectivity index (χ2v) is 14.3. The van der Waals surface area contributed by atoms with Gasteiger partial charge in [-0.25, -0.2) is 9.46 Å². The normalized spacial score (nSPS) is 17.7. The molecule has 2 heterocycles. The van der Waals surface area contributed by atoms with E-state index >= 15 is 0 Å². The minimum Gasteiger partial charge on any atom is -0.399 e. The van der Waals surface area contributed by atoms with E-state index < -0.39 is 44.0 Å². The number of ether oxygens (including phenoxy) is 2. The Morgan fingerprint density at radius 1 is 0.980 bits per heavy atom. The molecule has 1 saturated heterocycles.